The van der Waals surface area contributed by atoms with Crippen LogP contribution in [0.5, 0.6) is 0 Å². The molecule has 0 saturated carbocycles. The van der Waals surface area contributed by atoms with E-state index in [0.29, 0.717) is 0 Å². The number of piperazine rings is 1. The first-order valence-corrected chi connectivity index (χ1v) is 8.98. The molecule has 0 radical (unpaired) electrons. The van der Waals surface area contributed by atoms with Crippen LogP contribution >= 0.6 is 0 Å². The molecule has 1 aliphatic heterocycles. The minimum atomic E-state index is 0.112. The topological polar surface area (TPSA) is 37.7 Å². The van der Waals surface area contributed by atoms with E-state index in [9.17, 15) is 4.79 Å². The molecule has 4 heteroatoms. The molecule has 0 spiro atoms. The summed E-state index contributed by atoms with van der Waals surface area (Å²) < 4.78 is 0. The van der Waals surface area contributed by atoms with Gasteiger partial charge in [0.15, 0.2) is 0 Å². The minimum Gasteiger partial charge on any atom is -0.331 e. The van der Waals surface area contributed by atoms with Crippen LogP contribution in [-0.4, -0.2) is 37.0 Å². The lowest BCUT2D eigenvalue weighted by Gasteiger charge is -2.31. The van der Waals surface area contributed by atoms with Crippen molar-refractivity contribution in [2.24, 2.45) is 0 Å². The summed E-state index contributed by atoms with van der Waals surface area (Å²) in [6.45, 7) is 3.16. The molecule has 4 rings (SSSR count). The lowest BCUT2D eigenvalue weighted by atomic mass is 10.0. The number of H-pyrrole nitrogens is 1. The number of benzene rings is 2. The van der Waals surface area contributed by atoms with Crippen molar-refractivity contribution in [3.8, 4) is 11.1 Å². The summed E-state index contributed by atoms with van der Waals surface area (Å²) in [5.41, 5.74) is 3.05. The Bertz CT molecular complexity index is 855. The molecular weight excluding hydrogens is 322 g/mol. The SMILES string of the molecule is O=C(c1ccc(-c2ccccc2)cc1)N1CCN(c2cccc[nH+]2)CC1. The fraction of sp³-hybridized carbons (Fsp3) is 0.182. The number of rotatable bonds is 3. The molecule has 0 atom stereocenters. The van der Waals surface area contributed by atoms with Gasteiger partial charge in [-0.05, 0) is 29.3 Å². The van der Waals surface area contributed by atoms with E-state index in [1.807, 2.05) is 65.7 Å². The average Bonchev–Trinajstić information content (AvgIpc) is 2.75. The third kappa shape index (κ3) is 3.45. The van der Waals surface area contributed by atoms with Gasteiger partial charge in [0.2, 0.25) is 0 Å². The van der Waals surface area contributed by atoms with Crippen molar-refractivity contribution < 1.29 is 9.78 Å². The summed E-state index contributed by atoms with van der Waals surface area (Å²) in [5, 5.41) is 0. The highest BCUT2D eigenvalue weighted by Crippen LogP contribution is 2.20. The maximum Gasteiger partial charge on any atom is 0.274 e. The number of aromatic nitrogens is 1. The largest absolute Gasteiger partial charge is 0.331 e. The zero-order valence-corrected chi connectivity index (χ0v) is 14.6. The molecule has 1 aromatic heterocycles. The van der Waals surface area contributed by atoms with Gasteiger partial charge in [0.05, 0.1) is 19.3 Å². The van der Waals surface area contributed by atoms with Crippen molar-refractivity contribution in [2.45, 2.75) is 0 Å². The number of amides is 1. The summed E-state index contributed by atoms with van der Waals surface area (Å²) in [7, 11) is 0. The van der Waals surface area contributed by atoms with E-state index >= 15 is 0 Å². The van der Waals surface area contributed by atoms with Gasteiger partial charge in [0, 0.05) is 11.6 Å². The van der Waals surface area contributed by atoms with Gasteiger partial charge in [0.25, 0.3) is 11.7 Å². The molecule has 0 unspecified atom stereocenters. The zero-order chi connectivity index (χ0) is 17.8. The smallest absolute Gasteiger partial charge is 0.274 e. The molecular formula is C22H22N3O+. The van der Waals surface area contributed by atoms with Gasteiger partial charge in [-0.3, -0.25) is 9.69 Å². The van der Waals surface area contributed by atoms with Gasteiger partial charge in [-0.1, -0.05) is 48.5 Å². The second kappa shape index (κ2) is 7.40. The fourth-order valence-corrected chi connectivity index (χ4v) is 3.35. The molecule has 3 aromatic rings. The molecule has 1 amide bonds. The van der Waals surface area contributed by atoms with Gasteiger partial charge >= 0.3 is 0 Å². The molecule has 1 saturated heterocycles. The van der Waals surface area contributed by atoms with Gasteiger partial charge < -0.3 is 4.90 Å². The van der Waals surface area contributed by atoms with Gasteiger partial charge in [0.1, 0.15) is 13.1 Å². The molecule has 1 aliphatic rings. The maximum atomic E-state index is 12.8. The number of nitrogens with one attached hydrogen (secondary N) is 1. The standard InChI is InChI=1S/C22H21N3O/c26-22(20-11-9-19(10-12-20)18-6-2-1-3-7-18)25-16-14-24(15-17-25)21-8-4-5-13-23-21/h1-13H,14-17H2/p+1. The van der Waals surface area contributed by atoms with E-state index in [1.165, 1.54) is 5.56 Å². The van der Waals surface area contributed by atoms with Crippen molar-refractivity contribution in [1.29, 1.82) is 0 Å². The van der Waals surface area contributed by atoms with Crippen LogP contribution in [0.3, 0.4) is 0 Å². The van der Waals surface area contributed by atoms with E-state index in [2.05, 4.69) is 28.1 Å². The third-order valence-electron chi connectivity index (χ3n) is 4.84. The van der Waals surface area contributed by atoms with E-state index in [0.717, 1.165) is 43.1 Å². The lowest BCUT2D eigenvalue weighted by molar-refractivity contribution is -0.364. The van der Waals surface area contributed by atoms with Crippen molar-refractivity contribution >= 4 is 11.7 Å². The zero-order valence-electron chi connectivity index (χ0n) is 14.6. The first kappa shape index (κ1) is 16.3. The molecule has 1 fully saturated rings. The van der Waals surface area contributed by atoms with Gasteiger partial charge in [-0.15, -0.1) is 0 Å². The first-order chi connectivity index (χ1) is 12.8. The molecule has 2 aromatic carbocycles. The number of anilines is 1. The van der Waals surface area contributed by atoms with E-state index in [4.69, 9.17) is 0 Å². The number of hydrogen-bond acceptors (Lipinski definition) is 2. The molecule has 130 valence electrons. The van der Waals surface area contributed by atoms with Crippen LogP contribution in [0, 0.1) is 0 Å². The Hall–Kier alpha value is -3.14. The Morgan fingerprint density at radius 3 is 2.04 bits per heavy atom. The molecule has 4 nitrogen and oxygen atoms in total. The molecule has 0 aliphatic carbocycles. The third-order valence-corrected chi connectivity index (χ3v) is 4.84. The summed E-state index contributed by atoms with van der Waals surface area (Å²) in [6.07, 6.45) is 1.93. The number of nitrogens with zero attached hydrogens (tertiary/aromatic N) is 2. The summed E-state index contributed by atoms with van der Waals surface area (Å²) in [6, 6.07) is 24.2. The van der Waals surface area contributed by atoms with Crippen molar-refractivity contribution in [2.75, 3.05) is 31.1 Å². The van der Waals surface area contributed by atoms with Gasteiger partial charge in [-0.25, -0.2) is 4.98 Å². The Kier molecular flexibility index (Phi) is 4.65. The number of carbonyl (C=O) groups is 1. The normalized spacial score (nSPS) is 14.3. The predicted molar refractivity (Wildman–Crippen MR) is 103 cm³/mol. The molecule has 26 heavy (non-hydrogen) atoms. The number of hydrogen-bond donors (Lipinski definition) is 0. The number of aromatic amines is 1. The Labute approximate surface area is 153 Å². The highest BCUT2D eigenvalue weighted by molar-refractivity contribution is 5.94. The maximum absolute atomic E-state index is 12.8. The summed E-state index contributed by atoms with van der Waals surface area (Å²) in [5.74, 6) is 1.22. The van der Waals surface area contributed by atoms with Crippen molar-refractivity contribution in [3.05, 3.63) is 84.6 Å². The Morgan fingerprint density at radius 2 is 1.38 bits per heavy atom. The molecule has 1 N–H and O–H groups in total. The van der Waals surface area contributed by atoms with E-state index in [-0.39, 0.29) is 5.91 Å². The highest BCUT2D eigenvalue weighted by Gasteiger charge is 2.26. The fourth-order valence-electron chi connectivity index (χ4n) is 3.35. The lowest BCUT2D eigenvalue weighted by Crippen LogP contribution is -2.50. The summed E-state index contributed by atoms with van der Waals surface area (Å²) in [4.78, 5) is 20.3. The van der Waals surface area contributed by atoms with Crippen LogP contribution in [-0.2, 0) is 0 Å². The quantitative estimate of drug-likeness (QED) is 0.732. The van der Waals surface area contributed by atoms with Crippen molar-refractivity contribution in [1.82, 2.24) is 4.90 Å². The second-order valence-corrected chi connectivity index (χ2v) is 6.47. The second-order valence-electron chi connectivity index (χ2n) is 6.47. The number of carbonyl (C=O) groups excluding carboxylic acids is 1. The minimum absolute atomic E-state index is 0.112. The van der Waals surface area contributed by atoms with Crippen LogP contribution in [0.15, 0.2) is 79.0 Å². The van der Waals surface area contributed by atoms with Crippen LogP contribution in [0.25, 0.3) is 11.1 Å². The van der Waals surface area contributed by atoms with Crippen LogP contribution in [0.2, 0.25) is 0 Å². The Balaban J connectivity index is 1.41. The van der Waals surface area contributed by atoms with Gasteiger partial charge in [-0.2, -0.15) is 0 Å². The summed E-state index contributed by atoms with van der Waals surface area (Å²) >= 11 is 0. The number of pyridine rings is 1. The van der Waals surface area contributed by atoms with Crippen molar-refractivity contribution in [3.63, 3.8) is 0 Å². The predicted octanol–water partition coefficient (Wildman–Crippen LogP) is 3.13. The average molecular weight is 344 g/mol. The molecule has 0 bridgehead atoms. The first-order valence-electron chi connectivity index (χ1n) is 8.98. The van der Waals surface area contributed by atoms with E-state index in [1.54, 1.807) is 0 Å². The van der Waals surface area contributed by atoms with Crippen LogP contribution in [0.4, 0.5) is 5.82 Å². The molecule has 2 heterocycles. The Morgan fingerprint density at radius 1 is 0.731 bits per heavy atom. The monoisotopic (exact) mass is 344 g/mol. The van der Waals surface area contributed by atoms with E-state index < -0.39 is 0 Å². The highest BCUT2D eigenvalue weighted by atomic mass is 16.2. The van der Waals surface area contributed by atoms with Crippen LogP contribution < -0.4 is 9.88 Å². The van der Waals surface area contributed by atoms with Crippen LogP contribution in [0.1, 0.15) is 10.4 Å².